The van der Waals surface area contributed by atoms with Crippen molar-refractivity contribution in [1.29, 1.82) is 0 Å². The molecule has 3 rings (SSSR count). The van der Waals surface area contributed by atoms with Gasteiger partial charge in [-0.1, -0.05) is 68.3 Å². The summed E-state index contributed by atoms with van der Waals surface area (Å²) in [6.45, 7) is 8.84. The highest BCUT2D eigenvalue weighted by Gasteiger charge is 2.21. The van der Waals surface area contributed by atoms with Crippen LogP contribution in [0.25, 0.3) is 0 Å². The second-order valence-corrected chi connectivity index (χ2v) is 8.12. The van der Waals surface area contributed by atoms with Crippen molar-refractivity contribution in [3.05, 3.63) is 98.5 Å². The van der Waals surface area contributed by atoms with Gasteiger partial charge in [0.15, 0.2) is 5.43 Å². The minimum Gasteiger partial charge on any atom is -0.343 e. The number of aromatic nitrogens is 1. The second kappa shape index (κ2) is 10.3. The number of unbranched alkanes of at least 4 members (excludes halogenated alkanes) is 1. The van der Waals surface area contributed by atoms with Gasteiger partial charge in [0.2, 0.25) is 0 Å². The normalized spacial score (nSPS) is 10.8. The van der Waals surface area contributed by atoms with Crippen LogP contribution in [0.15, 0.2) is 59.4 Å². The lowest BCUT2D eigenvalue weighted by Crippen LogP contribution is -2.29. The number of pyridine rings is 1. The number of carbonyl (C=O) groups is 1. The number of amides is 1. The summed E-state index contributed by atoms with van der Waals surface area (Å²) in [6, 6.07) is 17.7. The van der Waals surface area contributed by atoms with Crippen LogP contribution < -0.4 is 10.7 Å². The van der Waals surface area contributed by atoms with Gasteiger partial charge in [-0.15, -0.1) is 0 Å². The predicted molar refractivity (Wildman–Crippen MR) is 128 cm³/mol. The molecule has 1 N–H and O–H groups in total. The first-order chi connectivity index (χ1) is 14.9. The van der Waals surface area contributed by atoms with E-state index in [0.29, 0.717) is 13.0 Å². The van der Waals surface area contributed by atoms with Crippen LogP contribution in [0.1, 0.15) is 65.1 Å². The Kier molecular flexibility index (Phi) is 7.45. The molecule has 0 aliphatic heterocycles. The van der Waals surface area contributed by atoms with Crippen molar-refractivity contribution in [3.63, 3.8) is 0 Å². The monoisotopic (exact) mass is 416 g/mol. The summed E-state index contributed by atoms with van der Waals surface area (Å²) in [4.78, 5) is 26.4. The van der Waals surface area contributed by atoms with E-state index in [9.17, 15) is 9.59 Å². The van der Waals surface area contributed by atoms with E-state index < -0.39 is 0 Å². The lowest BCUT2D eigenvalue weighted by Gasteiger charge is -2.21. The summed E-state index contributed by atoms with van der Waals surface area (Å²) < 4.78 is 2.18. The average Bonchev–Trinajstić information content (AvgIpc) is 2.76. The average molecular weight is 417 g/mol. The lowest BCUT2D eigenvalue weighted by atomic mass is 10.0. The van der Waals surface area contributed by atoms with Gasteiger partial charge in [-0.2, -0.15) is 0 Å². The fourth-order valence-electron chi connectivity index (χ4n) is 3.86. The number of nitrogens with zero attached hydrogens (tertiary/aromatic N) is 1. The largest absolute Gasteiger partial charge is 0.343 e. The van der Waals surface area contributed by atoms with Gasteiger partial charge in [0.1, 0.15) is 5.56 Å². The van der Waals surface area contributed by atoms with Crippen molar-refractivity contribution < 1.29 is 4.79 Å². The Morgan fingerprint density at radius 2 is 1.71 bits per heavy atom. The van der Waals surface area contributed by atoms with E-state index in [1.807, 2.05) is 31.2 Å². The minimum absolute atomic E-state index is 0.200. The summed E-state index contributed by atoms with van der Waals surface area (Å²) in [5.41, 5.74) is 5.93. The van der Waals surface area contributed by atoms with Crippen molar-refractivity contribution in [2.75, 3.05) is 5.32 Å². The van der Waals surface area contributed by atoms with Crippen molar-refractivity contribution in [2.45, 2.75) is 59.9 Å². The molecule has 0 aliphatic rings. The second-order valence-electron chi connectivity index (χ2n) is 8.12. The molecular formula is C27H32N2O2. The molecule has 31 heavy (non-hydrogen) atoms. The summed E-state index contributed by atoms with van der Waals surface area (Å²) in [5.74, 6) is -0.328. The number of hydrogen-bond donors (Lipinski definition) is 1. The standard InChI is InChI=1S/C27H32N2O2/c1-5-7-12-24-26(27(31)28-23-11-9-8-10-20(23)4)25(30)17-22(6-2)29(24)18-21-15-13-19(3)14-16-21/h8-11,13-17H,5-7,12,18H2,1-4H3,(H,28,31). The molecule has 0 unspecified atom stereocenters. The van der Waals surface area contributed by atoms with Crippen LogP contribution in [0.3, 0.4) is 0 Å². The molecule has 0 spiro atoms. The van der Waals surface area contributed by atoms with E-state index in [4.69, 9.17) is 0 Å². The van der Waals surface area contributed by atoms with Crippen molar-refractivity contribution >= 4 is 11.6 Å². The minimum atomic E-state index is -0.328. The smallest absolute Gasteiger partial charge is 0.261 e. The van der Waals surface area contributed by atoms with E-state index in [-0.39, 0.29) is 16.9 Å². The van der Waals surface area contributed by atoms with Crippen LogP contribution in [0.5, 0.6) is 0 Å². The Hall–Kier alpha value is -3.14. The van der Waals surface area contributed by atoms with E-state index in [2.05, 4.69) is 54.9 Å². The fraction of sp³-hybridized carbons (Fsp3) is 0.333. The number of benzene rings is 2. The number of para-hydroxylation sites is 1. The molecule has 4 nitrogen and oxygen atoms in total. The molecular weight excluding hydrogens is 384 g/mol. The molecule has 0 saturated heterocycles. The summed E-state index contributed by atoms with van der Waals surface area (Å²) in [6.07, 6.45) is 3.35. The molecule has 1 heterocycles. The van der Waals surface area contributed by atoms with E-state index in [0.717, 1.165) is 47.5 Å². The van der Waals surface area contributed by atoms with Gasteiger partial charge in [0, 0.05) is 29.7 Å². The molecule has 4 heteroatoms. The van der Waals surface area contributed by atoms with Gasteiger partial charge in [-0.3, -0.25) is 9.59 Å². The van der Waals surface area contributed by atoms with Crippen LogP contribution >= 0.6 is 0 Å². The number of rotatable bonds is 8. The van der Waals surface area contributed by atoms with Crippen LogP contribution in [0.2, 0.25) is 0 Å². The number of hydrogen-bond acceptors (Lipinski definition) is 2. The number of nitrogens with one attached hydrogen (secondary N) is 1. The third-order valence-corrected chi connectivity index (χ3v) is 5.72. The zero-order valence-electron chi connectivity index (χ0n) is 19.0. The first-order valence-electron chi connectivity index (χ1n) is 11.1. The maximum atomic E-state index is 13.3. The van der Waals surface area contributed by atoms with Crippen LogP contribution in [-0.4, -0.2) is 10.5 Å². The molecule has 0 aliphatic carbocycles. The molecule has 0 bridgehead atoms. The molecule has 0 atom stereocenters. The highest BCUT2D eigenvalue weighted by molar-refractivity contribution is 6.05. The quantitative estimate of drug-likeness (QED) is 0.514. The van der Waals surface area contributed by atoms with E-state index >= 15 is 0 Å². The first-order valence-corrected chi connectivity index (χ1v) is 11.1. The predicted octanol–water partition coefficient (Wildman–Crippen LogP) is 5.67. The Morgan fingerprint density at radius 3 is 2.35 bits per heavy atom. The van der Waals surface area contributed by atoms with Crippen molar-refractivity contribution in [2.24, 2.45) is 0 Å². The zero-order valence-corrected chi connectivity index (χ0v) is 19.0. The number of anilines is 1. The SMILES string of the molecule is CCCCc1c(C(=O)Nc2ccccc2C)c(=O)cc(CC)n1Cc1ccc(C)cc1. The van der Waals surface area contributed by atoms with Gasteiger partial charge in [-0.05, 0) is 50.3 Å². The third kappa shape index (κ3) is 5.32. The highest BCUT2D eigenvalue weighted by Crippen LogP contribution is 2.19. The summed E-state index contributed by atoms with van der Waals surface area (Å²) in [7, 11) is 0. The molecule has 1 aromatic heterocycles. The van der Waals surface area contributed by atoms with Crippen molar-refractivity contribution in [3.8, 4) is 0 Å². The van der Waals surface area contributed by atoms with Crippen LogP contribution in [-0.2, 0) is 19.4 Å². The summed E-state index contributed by atoms with van der Waals surface area (Å²) in [5, 5.41) is 2.97. The first kappa shape index (κ1) is 22.5. The van der Waals surface area contributed by atoms with E-state index in [1.165, 1.54) is 5.56 Å². The molecule has 1 amide bonds. The fourth-order valence-corrected chi connectivity index (χ4v) is 3.86. The third-order valence-electron chi connectivity index (χ3n) is 5.72. The Labute approximate surface area is 184 Å². The number of carbonyl (C=O) groups excluding carboxylic acids is 1. The molecule has 0 radical (unpaired) electrons. The molecule has 2 aromatic carbocycles. The maximum absolute atomic E-state index is 13.3. The van der Waals surface area contributed by atoms with Gasteiger partial charge < -0.3 is 9.88 Å². The number of aryl methyl sites for hydroxylation is 3. The lowest BCUT2D eigenvalue weighted by molar-refractivity contribution is 0.102. The zero-order chi connectivity index (χ0) is 22.4. The van der Waals surface area contributed by atoms with Gasteiger partial charge in [0.25, 0.3) is 5.91 Å². The molecule has 0 saturated carbocycles. The highest BCUT2D eigenvalue weighted by atomic mass is 16.2. The molecule has 3 aromatic rings. The molecule has 162 valence electrons. The maximum Gasteiger partial charge on any atom is 0.261 e. The van der Waals surface area contributed by atoms with Crippen molar-refractivity contribution in [1.82, 2.24) is 4.57 Å². The van der Waals surface area contributed by atoms with Gasteiger partial charge in [-0.25, -0.2) is 0 Å². The Morgan fingerprint density at radius 1 is 1.00 bits per heavy atom. The Bertz CT molecular complexity index is 1110. The topological polar surface area (TPSA) is 51.1 Å². The van der Waals surface area contributed by atoms with Crippen LogP contribution in [0, 0.1) is 13.8 Å². The van der Waals surface area contributed by atoms with Gasteiger partial charge >= 0.3 is 0 Å². The van der Waals surface area contributed by atoms with Crippen LogP contribution in [0.4, 0.5) is 5.69 Å². The molecule has 0 fully saturated rings. The Balaban J connectivity index is 2.10. The summed E-state index contributed by atoms with van der Waals surface area (Å²) >= 11 is 0. The van der Waals surface area contributed by atoms with E-state index in [1.54, 1.807) is 6.07 Å². The van der Waals surface area contributed by atoms with Gasteiger partial charge in [0.05, 0.1) is 0 Å².